The molecule has 0 heterocycles. The van der Waals surface area contributed by atoms with Gasteiger partial charge in [-0.15, -0.1) is 10.6 Å². The Labute approximate surface area is 150 Å². The summed E-state index contributed by atoms with van der Waals surface area (Å²) in [5.41, 5.74) is 2.23. The molecule has 2 rings (SSSR count). The van der Waals surface area contributed by atoms with Crippen LogP contribution in [0.5, 0.6) is 0 Å². The Morgan fingerprint density at radius 1 is 0.727 bits per heavy atom. The maximum atomic E-state index is 5.80. The molecular formula is C18H22AlCl2O. The van der Waals surface area contributed by atoms with Gasteiger partial charge in [0.05, 0.1) is 13.2 Å². The molecule has 0 aliphatic heterocycles. The molecule has 0 aliphatic carbocycles. The van der Waals surface area contributed by atoms with Crippen molar-refractivity contribution in [3.05, 3.63) is 69.7 Å². The van der Waals surface area contributed by atoms with Crippen LogP contribution in [-0.4, -0.2) is 15.2 Å². The van der Waals surface area contributed by atoms with Crippen molar-refractivity contribution >= 4 is 38.4 Å². The lowest BCUT2D eigenvalue weighted by atomic mass is 10.2. The number of benzene rings is 2. The Kier molecular flexibility index (Phi) is 10.7. The molecule has 1 nitrogen and oxygen atoms in total. The third-order valence-corrected chi connectivity index (χ3v) is 4.60. The van der Waals surface area contributed by atoms with Gasteiger partial charge in [0.25, 0.3) is 0 Å². The predicted molar refractivity (Wildman–Crippen MR) is 98.1 cm³/mol. The van der Waals surface area contributed by atoms with Gasteiger partial charge < -0.3 is 4.74 Å². The monoisotopic (exact) mass is 351 g/mol. The number of hydrogen-bond acceptors (Lipinski definition) is 1. The first-order valence-electron chi connectivity index (χ1n) is 7.54. The van der Waals surface area contributed by atoms with Gasteiger partial charge in [0, 0.05) is 10.0 Å². The lowest BCUT2D eigenvalue weighted by Crippen LogP contribution is -1.93. The highest BCUT2D eigenvalue weighted by atomic mass is 35.5. The van der Waals surface area contributed by atoms with E-state index in [-0.39, 0.29) is 0 Å². The van der Waals surface area contributed by atoms with E-state index in [4.69, 9.17) is 27.9 Å². The van der Waals surface area contributed by atoms with E-state index in [1.54, 1.807) is 0 Å². The average molecular weight is 352 g/mol. The fraction of sp³-hybridized carbons (Fsp3) is 0.333. The molecular weight excluding hydrogens is 330 g/mol. The maximum absolute atomic E-state index is 5.80. The van der Waals surface area contributed by atoms with Crippen molar-refractivity contribution in [2.24, 2.45) is 0 Å². The van der Waals surface area contributed by atoms with Crippen molar-refractivity contribution in [1.82, 2.24) is 0 Å². The topological polar surface area (TPSA) is 9.23 Å². The van der Waals surface area contributed by atoms with Gasteiger partial charge in [0.2, 0.25) is 0 Å². The Morgan fingerprint density at radius 2 is 1.09 bits per heavy atom. The Balaban J connectivity index is 0.000000422. The lowest BCUT2D eigenvalue weighted by Gasteiger charge is -2.05. The van der Waals surface area contributed by atoms with Crippen molar-refractivity contribution in [3.8, 4) is 0 Å². The van der Waals surface area contributed by atoms with Crippen LogP contribution in [0.3, 0.4) is 0 Å². The molecule has 0 saturated carbocycles. The Morgan fingerprint density at radius 3 is 1.36 bits per heavy atom. The highest BCUT2D eigenvalue weighted by Crippen LogP contribution is 2.13. The zero-order valence-corrected chi connectivity index (χ0v) is 15.9. The summed E-state index contributed by atoms with van der Waals surface area (Å²) in [5, 5.41) is 4.34. The first kappa shape index (κ1) is 19.6. The molecule has 0 atom stereocenters. The van der Waals surface area contributed by atoms with E-state index in [1.807, 2.05) is 48.5 Å². The molecule has 0 amide bonds. The van der Waals surface area contributed by atoms with Crippen LogP contribution in [-0.2, 0) is 18.0 Å². The van der Waals surface area contributed by atoms with Crippen LogP contribution in [0.2, 0.25) is 20.6 Å². The van der Waals surface area contributed by atoms with Crippen LogP contribution in [0.1, 0.15) is 25.0 Å². The summed E-state index contributed by atoms with van der Waals surface area (Å²) in [5.74, 6) is 0. The van der Waals surface area contributed by atoms with E-state index in [0.29, 0.717) is 13.2 Å². The molecule has 117 valence electrons. The summed E-state index contributed by atoms with van der Waals surface area (Å²) in [6.07, 6.45) is 0. The van der Waals surface area contributed by atoms with Crippen LogP contribution >= 0.6 is 23.2 Å². The van der Waals surface area contributed by atoms with Crippen molar-refractivity contribution in [2.45, 2.75) is 37.6 Å². The molecule has 0 unspecified atom stereocenters. The van der Waals surface area contributed by atoms with Crippen molar-refractivity contribution in [2.75, 3.05) is 0 Å². The largest absolute Gasteiger partial charge is 0.372 e. The summed E-state index contributed by atoms with van der Waals surface area (Å²) in [4.78, 5) is 0. The van der Waals surface area contributed by atoms with Gasteiger partial charge in [0.1, 0.15) is 0 Å². The van der Waals surface area contributed by atoms with Crippen LogP contribution < -0.4 is 0 Å². The average Bonchev–Trinajstić information content (AvgIpc) is 2.53. The smallest absolute Gasteiger partial charge is 0.198 e. The van der Waals surface area contributed by atoms with E-state index in [0.717, 1.165) is 36.4 Å². The van der Waals surface area contributed by atoms with Gasteiger partial charge >= 0.3 is 0 Å². The number of halogens is 2. The van der Waals surface area contributed by atoms with Crippen molar-refractivity contribution in [1.29, 1.82) is 0 Å². The zero-order chi connectivity index (χ0) is 16.2. The number of ether oxygens (including phenoxy) is 1. The second-order valence-electron chi connectivity index (χ2n) is 4.85. The van der Waals surface area contributed by atoms with Crippen LogP contribution in [0.25, 0.3) is 0 Å². The van der Waals surface area contributed by atoms with Gasteiger partial charge in [-0.2, -0.15) is 0 Å². The normalized spacial score (nSPS) is 9.82. The minimum absolute atomic E-state index is 0.583. The molecule has 2 aromatic rings. The third kappa shape index (κ3) is 8.83. The molecule has 0 spiro atoms. The third-order valence-electron chi connectivity index (χ3n) is 2.94. The van der Waals surface area contributed by atoms with Crippen LogP contribution in [0, 0.1) is 0 Å². The van der Waals surface area contributed by atoms with Gasteiger partial charge in [-0.3, -0.25) is 0 Å². The summed E-state index contributed by atoms with van der Waals surface area (Å²) >= 11 is 12.4. The highest BCUT2D eigenvalue weighted by Gasteiger charge is 1.96. The maximum Gasteiger partial charge on any atom is 0.198 e. The number of hydrogen-bond donors (Lipinski definition) is 0. The minimum Gasteiger partial charge on any atom is -0.372 e. The highest BCUT2D eigenvalue weighted by molar-refractivity contribution is 6.34. The minimum atomic E-state index is 0.583. The van der Waals surface area contributed by atoms with Gasteiger partial charge in [-0.05, 0) is 35.4 Å². The summed E-state index contributed by atoms with van der Waals surface area (Å²) < 4.78 is 5.60. The van der Waals surface area contributed by atoms with Gasteiger partial charge in [0.15, 0.2) is 15.2 Å². The predicted octanol–water partition coefficient (Wildman–Crippen LogP) is 6.28. The Hall–Kier alpha value is -0.488. The number of rotatable bonds is 6. The van der Waals surface area contributed by atoms with E-state index < -0.39 is 0 Å². The Bertz CT molecular complexity index is 464. The lowest BCUT2D eigenvalue weighted by molar-refractivity contribution is 0.107. The standard InChI is InChI=1S/C14H12Cl2O.2C2H5.Al/c15-13-5-1-11(2-6-13)9-17-10-12-3-7-14(16)8-4-12;2*1-2;/h1-8H,9-10H2;2*1H2,2H3;. The second-order valence-corrected chi connectivity index (χ2v) is 7.93. The SMILES string of the molecule is C[CH2][Al][CH2]C.Clc1ccc(COCc2ccc(Cl)cc2)cc1. The molecule has 0 aliphatic rings. The van der Waals surface area contributed by atoms with Crippen molar-refractivity contribution < 1.29 is 4.74 Å². The molecule has 0 saturated heterocycles. The summed E-state index contributed by atoms with van der Waals surface area (Å²) in [6.45, 7) is 5.66. The molecule has 2 aromatic carbocycles. The molecule has 4 heteroatoms. The fourth-order valence-corrected chi connectivity index (χ4v) is 2.57. The van der Waals surface area contributed by atoms with Crippen LogP contribution in [0.4, 0.5) is 0 Å². The van der Waals surface area contributed by atoms with E-state index >= 15 is 0 Å². The second kappa shape index (κ2) is 12.0. The van der Waals surface area contributed by atoms with Gasteiger partial charge in [-0.1, -0.05) is 61.3 Å². The first-order valence-corrected chi connectivity index (χ1v) is 9.92. The fourth-order valence-electron chi connectivity index (χ4n) is 1.74. The molecule has 0 fully saturated rings. The molecule has 22 heavy (non-hydrogen) atoms. The molecule has 0 bridgehead atoms. The van der Waals surface area contributed by atoms with E-state index in [1.165, 1.54) is 10.6 Å². The first-order chi connectivity index (χ1) is 10.7. The molecule has 1 radical (unpaired) electrons. The van der Waals surface area contributed by atoms with Crippen molar-refractivity contribution in [3.63, 3.8) is 0 Å². The molecule has 0 N–H and O–H groups in total. The summed E-state index contributed by atoms with van der Waals surface area (Å²) in [6, 6.07) is 15.3. The van der Waals surface area contributed by atoms with E-state index in [2.05, 4.69) is 13.8 Å². The zero-order valence-electron chi connectivity index (χ0n) is 13.2. The molecule has 0 aromatic heterocycles. The van der Waals surface area contributed by atoms with E-state index in [9.17, 15) is 0 Å². The van der Waals surface area contributed by atoms with Gasteiger partial charge in [-0.25, -0.2) is 0 Å². The quantitative estimate of drug-likeness (QED) is 0.556. The van der Waals surface area contributed by atoms with Crippen LogP contribution in [0.15, 0.2) is 48.5 Å². The summed E-state index contributed by atoms with van der Waals surface area (Å²) in [7, 11) is 0.